The van der Waals surface area contributed by atoms with Gasteiger partial charge in [-0.3, -0.25) is 4.79 Å². The summed E-state index contributed by atoms with van der Waals surface area (Å²) in [4.78, 5) is 27.7. The number of carbonyl (C=O) groups excluding carboxylic acids is 2. The maximum atomic E-state index is 13.4. The first-order valence-corrected chi connectivity index (χ1v) is 11.5. The van der Waals surface area contributed by atoms with Crippen LogP contribution in [0.1, 0.15) is 55.9 Å². The maximum Gasteiger partial charge on any atom is 0.336 e. The Morgan fingerprint density at radius 2 is 2.06 bits per heavy atom. The Hall–Kier alpha value is -2.86. The standard InChI is InChI=1S/C25H27NO4S/c1-14(2)13-30-25(29)22-15(3)26-19-11-17(21-8-5-9-31-21)12-20(28)24(19)23(22)16-6-4-7-18(27)10-16/h4-10,14,17,23,26-27H,11-13H2,1-3H3/t17-,23-/m1/s1. The van der Waals surface area contributed by atoms with Crippen molar-refractivity contribution in [1.82, 2.24) is 5.32 Å². The van der Waals surface area contributed by atoms with Crippen LogP contribution >= 0.6 is 11.3 Å². The van der Waals surface area contributed by atoms with Gasteiger partial charge in [0, 0.05) is 40.1 Å². The van der Waals surface area contributed by atoms with Crippen LogP contribution in [0.4, 0.5) is 0 Å². The number of esters is 1. The van der Waals surface area contributed by atoms with E-state index in [0.717, 1.165) is 5.70 Å². The summed E-state index contributed by atoms with van der Waals surface area (Å²) in [6.07, 6.45) is 1.12. The molecule has 162 valence electrons. The van der Waals surface area contributed by atoms with Crippen LogP contribution in [-0.4, -0.2) is 23.5 Å². The van der Waals surface area contributed by atoms with Gasteiger partial charge in [-0.2, -0.15) is 0 Å². The number of thiophene rings is 1. The van der Waals surface area contributed by atoms with E-state index in [1.54, 1.807) is 29.5 Å². The van der Waals surface area contributed by atoms with E-state index in [4.69, 9.17) is 4.74 Å². The molecule has 1 aromatic heterocycles. The average molecular weight is 438 g/mol. The van der Waals surface area contributed by atoms with Gasteiger partial charge in [-0.05, 0) is 48.4 Å². The average Bonchev–Trinajstić information content (AvgIpc) is 3.25. The SMILES string of the molecule is CC1=C(C(=O)OCC(C)C)[C@@H](c2cccc(O)c2)C2=C(C[C@@H](c3cccs3)CC2=O)N1. The van der Waals surface area contributed by atoms with Crippen LogP contribution in [0.5, 0.6) is 5.75 Å². The quantitative estimate of drug-likeness (QED) is 0.643. The molecule has 0 bridgehead atoms. The smallest absolute Gasteiger partial charge is 0.336 e. The summed E-state index contributed by atoms with van der Waals surface area (Å²) in [6, 6.07) is 10.9. The molecule has 2 N–H and O–H groups in total. The summed E-state index contributed by atoms with van der Waals surface area (Å²) in [5, 5.41) is 15.5. The van der Waals surface area contributed by atoms with Crippen molar-refractivity contribution in [1.29, 1.82) is 0 Å². The van der Waals surface area contributed by atoms with Crippen molar-refractivity contribution in [3.8, 4) is 5.75 Å². The fourth-order valence-corrected chi connectivity index (χ4v) is 5.22. The number of phenols is 1. The van der Waals surface area contributed by atoms with E-state index in [2.05, 4.69) is 11.4 Å². The fourth-order valence-electron chi connectivity index (χ4n) is 4.39. The molecule has 2 atom stereocenters. The molecule has 0 radical (unpaired) electrons. The van der Waals surface area contributed by atoms with Crippen LogP contribution in [0.2, 0.25) is 0 Å². The van der Waals surface area contributed by atoms with Crippen molar-refractivity contribution in [2.45, 2.75) is 45.4 Å². The Bertz CT molecular complexity index is 1060. The number of ether oxygens (including phenoxy) is 1. The molecule has 0 unspecified atom stereocenters. The van der Waals surface area contributed by atoms with E-state index in [1.807, 2.05) is 38.3 Å². The second-order valence-corrected chi connectivity index (χ2v) is 9.60. The molecule has 2 aliphatic rings. The monoisotopic (exact) mass is 437 g/mol. The third-order valence-corrected chi connectivity index (χ3v) is 6.78. The number of hydrogen-bond acceptors (Lipinski definition) is 6. The zero-order valence-corrected chi connectivity index (χ0v) is 18.8. The number of hydrogen-bond donors (Lipinski definition) is 2. The predicted molar refractivity (Wildman–Crippen MR) is 121 cm³/mol. The van der Waals surface area contributed by atoms with Crippen molar-refractivity contribution in [2.75, 3.05) is 6.61 Å². The number of rotatable bonds is 5. The van der Waals surface area contributed by atoms with Crippen LogP contribution in [0.3, 0.4) is 0 Å². The van der Waals surface area contributed by atoms with Crippen molar-refractivity contribution in [3.63, 3.8) is 0 Å². The summed E-state index contributed by atoms with van der Waals surface area (Å²) in [7, 11) is 0. The minimum absolute atomic E-state index is 0.0298. The van der Waals surface area contributed by atoms with Gasteiger partial charge in [-0.15, -0.1) is 11.3 Å². The number of nitrogens with one attached hydrogen (secondary N) is 1. The molecule has 2 heterocycles. The lowest BCUT2D eigenvalue weighted by atomic mass is 9.72. The van der Waals surface area contributed by atoms with Crippen LogP contribution in [0.15, 0.2) is 64.3 Å². The van der Waals surface area contributed by atoms with E-state index < -0.39 is 11.9 Å². The van der Waals surface area contributed by atoms with Crippen molar-refractivity contribution in [2.24, 2.45) is 5.92 Å². The topological polar surface area (TPSA) is 75.6 Å². The Balaban J connectivity index is 1.77. The molecule has 0 amide bonds. The number of benzene rings is 1. The van der Waals surface area contributed by atoms with Gasteiger partial charge in [0.2, 0.25) is 0 Å². The third kappa shape index (κ3) is 4.30. The highest BCUT2D eigenvalue weighted by molar-refractivity contribution is 7.10. The van der Waals surface area contributed by atoms with E-state index in [1.165, 1.54) is 4.88 Å². The first kappa shape index (κ1) is 21.4. The Kier molecular flexibility index (Phi) is 6.01. The lowest BCUT2D eigenvalue weighted by Crippen LogP contribution is -2.36. The fraction of sp³-hybridized carbons (Fsp3) is 0.360. The largest absolute Gasteiger partial charge is 0.508 e. The number of aromatic hydroxyl groups is 1. The van der Waals surface area contributed by atoms with Gasteiger partial charge in [-0.1, -0.05) is 32.0 Å². The van der Waals surface area contributed by atoms with E-state index in [9.17, 15) is 14.7 Å². The summed E-state index contributed by atoms with van der Waals surface area (Å²) in [5.41, 5.74) is 3.32. The number of allylic oxidation sites excluding steroid dienone is 3. The van der Waals surface area contributed by atoms with Gasteiger partial charge in [0.05, 0.1) is 12.2 Å². The molecule has 1 aliphatic carbocycles. The van der Waals surface area contributed by atoms with Crippen molar-refractivity contribution in [3.05, 3.63) is 74.8 Å². The second-order valence-electron chi connectivity index (χ2n) is 8.62. The van der Waals surface area contributed by atoms with E-state index in [0.29, 0.717) is 41.9 Å². The van der Waals surface area contributed by atoms with Crippen LogP contribution < -0.4 is 5.32 Å². The molecule has 1 aliphatic heterocycles. The number of dihydropyridines is 1. The lowest BCUT2D eigenvalue weighted by molar-refractivity contribution is -0.140. The molecule has 5 nitrogen and oxygen atoms in total. The predicted octanol–water partition coefficient (Wildman–Crippen LogP) is 5.01. The highest BCUT2D eigenvalue weighted by Gasteiger charge is 2.41. The summed E-state index contributed by atoms with van der Waals surface area (Å²) in [5.74, 6) is -0.511. The van der Waals surface area contributed by atoms with Gasteiger partial charge in [0.15, 0.2) is 5.78 Å². The van der Waals surface area contributed by atoms with Gasteiger partial charge in [0.1, 0.15) is 5.75 Å². The lowest BCUT2D eigenvalue weighted by Gasteiger charge is -2.36. The van der Waals surface area contributed by atoms with Crippen LogP contribution in [0, 0.1) is 5.92 Å². The normalized spacial score (nSPS) is 21.2. The molecule has 2 aromatic rings. The molecule has 0 spiro atoms. The molecule has 31 heavy (non-hydrogen) atoms. The molecule has 4 rings (SSSR count). The van der Waals surface area contributed by atoms with Crippen LogP contribution in [-0.2, 0) is 14.3 Å². The highest BCUT2D eigenvalue weighted by Crippen LogP contribution is 2.46. The van der Waals surface area contributed by atoms with Crippen molar-refractivity contribution < 1.29 is 19.4 Å². The zero-order valence-electron chi connectivity index (χ0n) is 18.0. The first-order chi connectivity index (χ1) is 14.8. The number of phenolic OH excluding ortho intramolecular Hbond substituents is 1. The Morgan fingerprint density at radius 3 is 2.74 bits per heavy atom. The number of ketones is 1. The van der Waals surface area contributed by atoms with E-state index >= 15 is 0 Å². The van der Waals surface area contributed by atoms with Crippen LogP contribution in [0.25, 0.3) is 0 Å². The molecule has 0 fully saturated rings. The first-order valence-electron chi connectivity index (χ1n) is 10.6. The number of carbonyl (C=O) groups is 2. The summed E-state index contributed by atoms with van der Waals surface area (Å²) < 4.78 is 5.56. The minimum atomic E-state index is -0.556. The molecule has 0 saturated carbocycles. The van der Waals surface area contributed by atoms with Gasteiger partial charge < -0.3 is 15.2 Å². The summed E-state index contributed by atoms with van der Waals surface area (Å²) >= 11 is 1.66. The number of Topliss-reactive ketones (excluding diaryl/α,β-unsaturated/α-hetero) is 1. The Morgan fingerprint density at radius 1 is 1.26 bits per heavy atom. The molecular formula is C25H27NO4S. The molecule has 6 heteroatoms. The van der Waals surface area contributed by atoms with Gasteiger partial charge >= 0.3 is 5.97 Å². The second kappa shape index (κ2) is 8.71. The maximum absolute atomic E-state index is 13.4. The van der Waals surface area contributed by atoms with E-state index in [-0.39, 0.29) is 23.4 Å². The molecule has 0 saturated heterocycles. The minimum Gasteiger partial charge on any atom is -0.508 e. The molecule has 1 aromatic carbocycles. The van der Waals surface area contributed by atoms with Gasteiger partial charge in [0.25, 0.3) is 0 Å². The van der Waals surface area contributed by atoms with Gasteiger partial charge in [-0.25, -0.2) is 4.79 Å². The highest BCUT2D eigenvalue weighted by atomic mass is 32.1. The summed E-state index contributed by atoms with van der Waals surface area (Å²) in [6.45, 7) is 6.13. The van der Waals surface area contributed by atoms with Crippen molar-refractivity contribution >= 4 is 23.1 Å². The zero-order chi connectivity index (χ0) is 22.1. The Labute approximate surface area is 186 Å². The molecular weight excluding hydrogens is 410 g/mol. The third-order valence-electron chi connectivity index (χ3n) is 5.74.